The third kappa shape index (κ3) is 4.51. The van der Waals surface area contributed by atoms with E-state index in [1.165, 1.54) is 0 Å². The number of hydrogen-bond acceptors (Lipinski definition) is 4. The first-order valence-electron chi connectivity index (χ1n) is 10.1. The topological polar surface area (TPSA) is 44.8 Å². The highest BCUT2D eigenvalue weighted by Gasteiger charge is 2.37. The highest BCUT2D eigenvalue weighted by Crippen LogP contribution is 2.43. The largest absolute Gasteiger partial charge is 0.462 e. The number of fused-ring (bicyclic) bond motifs is 10. The fraction of sp³-hybridized carbons (Fsp3) is 0.375. The third-order valence-corrected chi connectivity index (χ3v) is 5.21. The van der Waals surface area contributed by atoms with E-state index in [1.807, 2.05) is 42.5 Å². The lowest BCUT2D eigenvalue weighted by molar-refractivity contribution is -0.0704. The highest BCUT2D eigenvalue weighted by atomic mass is 16.7. The van der Waals surface area contributed by atoms with Crippen LogP contribution in [0.4, 0.5) is 0 Å². The number of carbonyl (C=O) groups excluding carboxylic acids is 1. The Balaban J connectivity index is 1.60. The van der Waals surface area contributed by atoms with Crippen molar-refractivity contribution in [3.63, 3.8) is 0 Å². The molecule has 146 valence electrons. The minimum atomic E-state index is -0.271. The summed E-state index contributed by atoms with van der Waals surface area (Å²) < 4.78 is 18.0. The fourth-order valence-corrected chi connectivity index (χ4v) is 3.68. The van der Waals surface area contributed by atoms with E-state index in [1.54, 1.807) is 0 Å². The van der Waals surface area contributed by atoms with Gasteiger partial charge in [0.05, 0.1) is 12.2 Å². The predicted octanol–water partition coefficient (Wildman–Crippen LogP) is 5.52. The summed E-state index contributed by atoms with van der Waals surface area (Å²) in [6.07, 6.45) is 8.43. The van der Waals surface area contributed by atoms with Gasteiger partial charge in [0, 0.05) is 6.42 Å². The number of benzene rings is 2. The number of carbonyl (C=O) groups is 1. The van der Waals surface area contributed by atoms with E-state index in [4.69, 9.17) is 14.2 Å². The van der Waals surface area contributed by atoms with Crippen molar-refractivity contribution in [2.75, 3.05) is 6.61 Å². The molecule has 1 fully saturated rings. The molecule has 4 nitrogen and oxygen atoms in total. The molecule has 28 heavy (non-hydrogen) atoms. The molecular formula is C24H26O4. The van der Waals surface area contributed by atoms with Crippen molar-refractivity contribution in [3.05, 3.63) is 83.4 Å². The number of hydrogen-bond donors (Lipinski definition) is 0. The van der Waals surface area contributed by atoms with Gasteiger partial charge in [-0.15, -0.1) is 0 Å². The Labute approximate surface area is 166 Å². The standard InChI is InChI=1S/C24H26O4/c25-24-20-15-13-19(14-16-20)23-22(18-10-6-5-7-11-18)27-21(28-23)12-8-3-1-2-4-9-17-26-24/h1,3,5-7,10-11,13-16,21-23H,2,4,8-9,12,17H2/b3-1-/t21-,22-,23-/m0/s1. The summed E-state index contributed by atoms with van der Waals surface area (Å²) in [7, 11) is 0. The smallest absolute Gasteiger partial charge is 0.338 e. The van der Waals surface area contributed by atoms with Crippen LogP contribution in [0, 0.1) is 0 Å². The summed E-state index contributed by atoms with van der Waals surface area (Å²) in [6, 6.07) is 17.7. The molecule has 3 atom stereocenters. The number of ether oxygens (including phenoxy) is 3. The lowest BCUT2D eigenvalue weighted by Gasteiger charge is -2.17. The van der Waals surface area contributed by atoms with Crippen LogP contribution >= 0.6 is 0 Å². The van der Waals surface area contributed by atoms with Crippen molar-refractivity contribution in [2.45, 2.75) is 50.6 Å². The van der Waals surface area contributed by atoms with Gasteiger partial charge < -0.3 is 14.2 Å². The normalized spacial score (nSPS) is 27.1. The van der Waals surface area contributed by atoms with Crippen LogP contribution in [0.5, 0.6) is 0 Å². The van der Waals surface area contributed by atoms with Crippen molar-refractivity contribution in [2.24, 2.45) is 0 Å². The van der Waals surface area contributed by atoms with Gasteiger partial charge >= 0.3 is 5.97 Å². The Bertz CT molecular complexity index is 797. The molecule has 2 aromatic carbocycles. The average molecular weight is 378 g/mol. The maximum atomic E-state index is 12.2. The summed E-state index contributed by atoms with van der Waals surface area (Å²) in [5.41, 5.74) is 2.68. The van der Waals surface area contributed by atoms with Crippen LogP contribution < -0.4 is 0 Å². The van der Waals surface area contributed by atoms with E-state index in [2.05, 4.69) is 24.3 Å². The monoisotopic (exact) mass is 378 g/mol. The zero-order valence-electron chi connectivity index (χ0n) is 16.0. The van der Waals surface area contributed by atoms with E-state index >= 15 is 0 Å². The molecule has 0 radical (unpaired) electrons. The minimum absolute atomic E-state index is 0.160. The van der Waals surface area contributed by atoms with Gasteiger partial charge in [-0.2, -0.15) is 0 Å². The van der Waals surface area contributed by atoms with Crippen LogP contribution in [0.3, 0.4) is 0 Å². The van der Waals surface area contributed by atoms with Crippen LogP contribution in [0.2, 0.25) is 0 Å². The molecule has 0 N–H and O–H groups in total. The Hall–Kier alpha value is -2.43. The highest BCUT2D eigenvalue weighted by molar-refractivity contribution is 5.89. The van der Waals surface area contributed by atoms with Crippen LogP contribution in [0.25, 0.3) is 0 Å². The lowest BCUT2D eigenvalue weighted by Crippen LogP contribution is -2.09. The predicted molar refractivity (Wildman–Crippen MR) is 107 cm³/mol. The maximum Gasteiger partial charge on any atom is 0.338 e. The number of allylic oxidation sites excluding steroid dienone is 2. The molecule has 4 bridgehead atoms. The first-order chi connectivity index (χ1) is 13.8. The van der Waals surface area contributed by atoms with Gasteiger partial charge in [-0.25, -0.2) is 4.79 Å². The lowest BCUT2D eigenvalue weighted by atomic mass is 9.97. The molecule has 0 unspecified atom stereocenters. The third-order valence-electron chi connectivity index (χ3n) is 5.21. The SMILES string of the molecule is O=C1OCCCC/C=C\CC[C@H]2O[C@@H](c3ccccc3)[C@@H](O2)c2ccc1cc2. The second-order valence-corrected chi connectivity index (χ2v) is 7.26. The van der Waals surface area contributed by atoms with Gasteiger partial charge in [-0.1, -0.05) is 54.6 Å². The van der Waals surface area contributed by atoms with Gasteiger partial charge in [0.15, 0.2) is 6.29 Å². The number of esters is 1. The molecule has 0 spiro atoms. The van der Waals surface area contributed by atoms with E-state index in [-0.39, 0.29) is 24.5 Å². The Morgan fingerprint density at radius 2 is 1.43 bits per heavy atom. The quantitative estimate of drug-likeness (QED) is 0.484. The molecule has 3 aliphatic heterocycles. The Kier molecular flexibility index (Phi) is 6.20. The van der Waals surface area contributed by atoms with E-state index in [0.29, 0.717) is 12.2 Å². The van der Waals surface area contributed by atoms with Crippen molar-refractivity contribution >= 4 is 5.97 Å². The first kappa shape index (κ1) is 18.9. The van der Waals surface area contributed by atoms with Crippen LogP contribution in [-0.4, -0.2) is 18.9 Å². The molecule has 5 rings (SSSR count). The van der Waals surface area contributed by atoms with Crippen LogP contribution in [0.1, 0.15) is 65.8 Å². The molecule has 0 amide bonds. The van der Waals surface area contributed by atoms with Gasteiger partial charge in [0.25, 0.3) is 0 Å². The van der Waals surface area contributed by atoms with Crippen molar-refractivity contribution in [1.29, 1.82) is 0 Å². The van der Waals surface area contributed by atoms with Gasteiger partial charge in [-0.3, -0.25) is 0 Å². The molecule has 0 saturated carbocycles. The van der Waals surface area contributed by atoms with Gasteiger partial charge in [0.2, 0.25) is 0 Å². The first-order valence-corrected chi connectivity index (χ1v) is 10.1. The molecule has 0 aliphatic carbocycles. The van der Waals surface area contributed by atoms with E-state index in [9.17, 15) is 4.79 Å². The summed E-state index contributed by atoms with van der Waals surface area (Å²) in [6.45, 7) is 0.464. The Morgan fingerprint density at radius 3 is 2.18 bits per heavy atom. The van der Waals surface area contributed by atoms with Crippen molar-refractivity contribution in [1.82, 2.24) is 0 Å². The second-order valence-electron chi connectivity index (χ2n) is 7.26. The van der Waals surface area contributed by atoms with Gasteiger partial charge in [0.1, 0.15) is 12.2 Å². The minimum Gasteiger partial charge on any atom is -0.462 e. The average Bonchev–Trinajstić information content (AvgIpc) is 3.17. The zero-order valence-corrected chi connectivity index (χ0v) is 16.0. The van der Waals surface area contributed by atoms with Crippen molar-refractivity contribution < 1.29 is 19.0 Å². The summed E-state index contributed by atoms with van der Waals surface area (Å²) in [5, 5.41) is 0. The van der Waals surface area contributed by atoms with Gasteiger partial charge in [-0.05, 0) is 48.9 Å². The summed E-state index contributed by atoms with van der Waals surface area (Å²) in [4.78, 5) is 12.2. The molecular weight excluding hydrogens is 352 g/mol. The van der Waals surface area contributed by atoms with E-state index < -0.39 is 0 Å². The van der Waals surface area contributed by atoms with Crippen LogP contribution in [0.15, 0.2) is 66.7 Å². The molecule has 0 aromatic heterocycles. The maximum absolute atomic E-state index is 12.2. The zero-order chi connectivity index (χ0) is 19.2. The summed E-state index contributed by atoms with van der Waals surface area (Å²) >= 11 is 0. The molecule has 4 heteroatoms. The summed E-state index contributed by atoms with van der Waals surface area (Å²) in [5.74, 6) is -0.271. The fourth-order valence-electron chi connectivity index (χ4n) is 3.68. The Morgan fingerprint density at radius 1 is 0.750 bits per heavy atom. The molecule has 3 heterocycles. The molecule has 2 aromatic rings. The van der Waals surface area contributed by atoms with E-state index in [0.717, 1.165) is 43.2 Å². The molecule has 3 aliphatic rings. The number of rotatable bonds is 1. The molecule has 1 saturated heterocycles. The second kappa shape index (κ2) is 9.18. The van der Waals surface area contributed by atoms with Crippen molar-refractivity contribution in [3.8, 4) is 0 Å². The van der Waals surface area contributed by atoms with Crippen LogP contribution in [-0.2, 0) is 14.2 Å².